The van der Waals surface area contributed by atoms with Crippen LogP contribution in [-0.4, -0.2) is 31.3 Å². The van der Waals surface area contributed by atoms with Gasteiger partial charge in [-0.3, -0.25) is 14.5 Å². The van der Waals surface area contributed by atoms with E-state index in [9.17, 15) is 22.8 Å². The zero-order valence-corrected chi connectivity index (χ0v) is 15.1. The van der Waals surface area contributed by atoms with Crippen LogP contribution in [-0.2, 0) is 9.59 Å². The van der Waals surface area contributed by atoms with Gasteiger partial charge in [-0.05, 0) is 30.3 Å². The number of nitrogens with one attached hydrogen (secondary N) is 1. The van der Waals surface area contributed by atoms with Crippen molar-refractivity contribution in [1.82, 2.24) is 0 Å². The van der Waals surface area contributed by atoms with Crippen LogP contribution in [0.15, 0.2) is 46.9 Å². The number of para-hydroxylation sites is 2. The van der Waals surface area contributed by atoms with Crippen LogP contribution in [0, 0.1) is 0 Å². The van der Waals surface area contributed by atoms with E-state index >= 15 is 0 Å². The molecule has 0 aliphatic carbocycles. The number of carbonyl (C=O) groups is 2. The third-order valence-corrected chi connectivity index (χ3v) is 4.05. The van der Waals surface area contributed by atoms with Gasteiger partial charge < -0.3 is 14.8 Å². The molecule has 0 spiro atoms. The molecular weight excluding hydrogens is 433 g/mol. The number of hydrogen-bond acceptors (Lipinski definition) is 4. The molecule has 142 valence electrons. The molecular formula is C17H12BrF3N2O4. The number of amides is 2. The van der Waals surface area contributed by atoms with E-state index in [2.05, 4.69) is 26.0 Å². The number of halogens is 4. The number of nitrogens with zero attached hydrogens (tertiary/aromatic N) is 1. The van der Waals surface area contributed by atoms with Gasteiger partial charge in [-0.15, -0.1) is 13.2 Å². The van der Waals surface area contributed by atoms with E-state index in [1.54, 1.807) is 18.2 Å². The molecule has 2 aromatic carbocycles. The number of fused-ring (bicyclic) bond motifs is 1. The number of alkyl halides is 3. The van der Waals surface area contributed by atoms with Gasteiger partial charge in [0.15, 0.2) is 12.4 Å². The van der Waals surface area contributed by atoms with Gasteiger partial charge in [0.25, 0.3) is 5.91 Å². The third-order valence-electron chi connectivity index (χ3n) is 3.55. The van der Waals surface area contributed by atoms with Gasteiger partial charge in [-0.1, -0.05) is 28.1 Å². The summed E-state index contributed by atoms with van der Waals surface area (Å²) in [5, 5.41) is 2.34. The number of anilines is 2. The molecule has 6 nitrogen and oxygen atoms in total. The fourth-order valence-corrected chi connectivity index (χ4v) is 2.81. The lowest BCUT2D eigenvalue weighted by Gasteiger charge is -2.29. The topological polar surface area (TPSA) is 67.9 Å². The maximum absolute atomic E-state index is 12.5. The molecule has 0 fully saturated rings. The summed E-state index contributed by atoms with van der Waals surface area (Å²) in [6.45, 7) is -0.637. The standard InChI is InChI=1S/C17H12BrF3N2O4/c18-10-5-6-12-14(7-10)26-9-16(25)23(12)8-15(24)22-11-3-1-2-4-13(11)27-17(19,20)21/h1-7H,8-9H2,(H,22,24). The lowest BCUT2D eigenvalue weighted by Crippen LogP contribution is -2.43. The molecule has 2 amide bonds. The number of ether oxygens (including phenoxy) is 2. The van der Waals surface area contributed by atoms with Crippen molar-refractivity contribution in [3.8, 4) is 11.5 Å². The normalized spacial score (nSPS) is 13.6. The van der Waals surface area contributed by atoms with Crippen LogP contribution in [0.1, 0.15) is 0 Å². The molecule has 27 heavy (non-hydrogen) atoms. The molecule has 0 bridgehead atoms. The van der Waals surface area contributed by atoms with Crippen LogP contribution < -0.4 is 19.7 Å². The van der Waals surface area contributed by atoms with Gasteiger partial charge in [0, 0.05) is 4.47 Å². The fourth-order valence-electron chi connectivity index (χ4n) is 2.47. The second-order valence-electron chi connectivity index (χ2n) is 5.47. The molecule has 1 heterocycles. The molecule has 0 radical (unpaired) electrons. The Morgan fingerprint density at radius 3 is 2.74 bits per heavy atom. The maximum atomic E-state index is 12.5. The number of rotatable bonds is 4. The number of carbonyl (C=O) groups excluding carboxylic acids is 2. The van der Waals surface area contributed by atoms with Crippen molar-refractivity contribution >= 4 is 39.1 Å². The largest absolute Gasteiger partial charge is 0.573 e. The van der Waals surface area contributed by atoms with E-state index in [-0.39, 0.29) is 12.3 Å². The molecule has 0 unspecified atom stereocenters. The summed E-state index contributed by atoms with van der Waals surface area (Å²) in [6.07, 6.45) is -4.90. The van der Waals surface area contributed by atoms with E-state index < -0.39 is 30.5 Å². The lowest BCUT2D eigenvalue weighted by molar-refractivity contribution is -0.274. The van der Waals surface area contributed by atoms with Crippen molar-refractivity contribution in [2.75, 3.05) is 23.4 Å². The molecule has 0 saturated heterocycles. The van der Waals surface area contributed by atoms with Gasteiger partial charge >= 0.3 is 6.36 Å². The van der Waals surface area contributed by atoms with Crippen molar-refractivity contribution in [2.45, 2.75) is 6.36 Å². The average Bonchev–Trinajstić information content (AvgIpc) is 2.58. The minimum atomic E-state index is -4.90. The minimum absolute atomic E-state index is 0.156. The predicted octanol–water partition coefficient (Wildman–Crippen LogP) is 3.71. The first kappa shape index (κ1) is 19.0. The Bertz CT molecular complexity index is 889. The highest BCUT2D eigenvalue weighted by Gasteiger charge is 2.32. The van der Waals surface area contributed by atoms with Crippen LogP contribution in [0.25, 0.3) is 0 Å². The summed E-state index contributed by atoms with van der Waals surface area (Å²) in [5.41, 5.74) is 0.237. The summed E-state index contributed by atoms with van der Waals surface area (Å²) >= 11 is 3.28. The van der Waals surface area contributed by atoms with Crippen LogP contribution in [0.5, 0.6) is 11.5 Å². The Kier molecular flexibility index (Phi) is 5.26. The summed E-state index contributed by atoms with van der Waals surface area (Å²) in [4.78, 5) is 25.7. The second kappa shape index (κ2) is 7.47. The average molecular weight is 445 g/mol. The maximum Gasteiger partial charge on any atom is 0.573 e. The van der Waals surface area contributed by atoms with E-state index in [0.717, 1.165) is 10.5 Å². The highest BCUT2D eigenvalue weighted by atomic mass is 79.9. The lowest BCUT2D eigenvalue weighted by atomic mass is 10.2. The van der Waals surface area contributed by atoms with Crippen molar-refractivity contribution < 1.29 is 32.2 Å². The molecule has 0 atom stereocenters. The Hall–Kier alpha value is -2.75. The van der Waals surface area contributed by atoms with Crippen LogP contribution in [0.2, 0.25) is 0 Å². The molecule has 0 aromatic heterocycles. The van der Waals surface area contributed by atoms with Gasteiger partial charge in [0.05, 0.1) is 11.4 Å². The van der Waals surface area contributed by atoms with Crippen LogP contribution in [0.3, 0.4) is 0 Å². The summed E-state index contributed by atoms with van der Waals surface area (Å²) in [7, 11) is 0. The Balaban J connectivity index is 1.77. The van der Waals surface area contributed by atoms with Crippen molar-refractivity contribution in [2.24, 2.45) is 0 Å². The van der Waals surface area contributed by atoms with Gasteiger partial charge in [-0.2, -0.15) is 0 Å². The molecule has 10 heteroatoms. The molecule has 3 rings (SSSR count). The third kappa shape index (κ3) is 4.70. The predicted molar refractivity (Wildman–Crippen MR) is 93.7 cm³/mol. The first-order valence-corrected chi connectivity index (χ1v) is 8.39. The van der Waals surface area contributed by atoms with Crippen LogP contribution in [0.4, 0.5) is 24.5 Å². The minimum Gasteiger partial charge on any atom is -0.482 e. The quantitative estimate of drug-likeness (QED) is 0.780. The molecule has 1 aliphatic heterocycles. The summed E-state index contributed by atoms with van der Waals surface area (Å²) in [6, 6.07) is 10.1. The van der Waals surface area contributed by atoms with E-state index in [0.29, 0.717) is 11.4 Å². The highest BCUT2D eigenvalue weighted by Crippen LogP contribution is 2.35. The SMILES string of the molecule is O=C(CN1C(=O)COc2cc(Br)ccc21)Nc1ccccc1OC(F)(F)F. The van der Waals surface area contributed by atoms with Gasteiger partial charge in [-0.25, -0.2) is 0 Å². The Labute approximate surface area is 160 Å². The van der Waals surface area contributed by atoms with Crippen molar-refractivity contribution in [3.63, 3.8) is 0 Å². The number of hydrogen-bond donors (Lipinski definition) is 1. The van der Waals surface area contributed by atoms with Gasteiger partial charge in [0.1, 0.15) is 12.3 Å². The highest BCUT2D eigenvalue weighted by molar-refractivity contribution is 9.10. The smallest absolute Gasteiger partial charge is 0.482 e. The molecule has 1 N–H and O–H groups in total. The van der Waals surface area contributed by atoms with Crippen molar-refractivity contribution in [3.05, 3.63) is 46.9 Å². The van der Waals surface area contributed by atoms with E-state index in [4.69, 9.17) is 4.74 Å². The Morgan fingerprint density at radius 2 is 2.00 bits per heavy atom. The zero-order chi connectivity index (χ0) is 19.6. The van der Waals surface area contributed by atoms with Crippen LogP contribution >= 0.6 is 15.9 Å². The van der Waals surface area contributed by atoms with Gasteiger partial charge in [0.2, 0.25) is 5.91 Å². The van der Waals surface area contributed by atoms with E-state index in [1.165, 1.54) is 23.1 Å². The fraction of sp³-hybridized carbons (Fsp3) is 0.176. The molecule has 0 saturated carbocycles. The Morgan fingerprint density at radius 1 is 1.26 bits per heavy atom. The number of benzene rings is 2. The summed E-state index contributed by atoms with van der Waals surface area (Å²) in [5.74, 6) is -1.26. The first-order chi connectivity index (χ1) is 12.7. The van der Waals surface area contributed by atoms with Crippen molar-refractivity contribution in [1.29, 1.82) is 0 Å². The molecule has 2 aromatic rings. The zero-order valence-electron chi connectivity index (χ0n) is 13.5. The van der Waals surface area contributed by atoms with E-state index in [1.807, 2.05) is 0 Å². The summed E-state index contributed by atoms with van der Waals surface area (Å²) < 4.78 is 47.4. The second-order valence-corrected chi connectivity index (χ2v) is 6.39. The first-order valence-electron chi connectivity index (χ1n) is 7.60. The molecule has 1 aliphatic rings. The monoisotopic (exact) mass is 444 g/mol.